The maximum Gasteiger partial charge on any atom is 0.0558 e. The van der Waals surface area contributed by atoms with Gasteiger partial charge in [-0.25, -0.2) is 0 Å². The Balaban J connectivity index is 2.61. The van der Waals surface area contributed by atoms with Crippen LogP contribution in [0.2, 0.25) is 0 Å². The van der Waals surface area contributed by atoms with Crippen LogP contribution in [0.5, 0.6) is 0 Å². The number of hydrogen-bond acceptors (Lipinski definition) is 3. The second-order valence-corrected chi connectivity index (χ2v) is 4.37. The molecule has 0 saturated heterocycles. The average Bonchev–Trinajstić information content (AvgIpc) is 2.37. The number of hydrogen-bond donors (Lipinski definition) is 2. The summed E-state index contributed by atoms with van der Waals surface area (Å²) in [5, 5.41) is 9.05. The van der Waals surface area contributed by atoms with Crippen molar-refractivity contribution in [3.63, 3.8) is 0 Å². The lowest BCUT2D eigenvalue weighted by Gasteiger charge is -2.26. The summed E-state index contributed by atoms with van der Waals surface area (Å²) in [6.07, 6.45) is 1.10. The zero-order chi connectivity index (χ0) is 12.5. The molecule has 0 fully saturated rings. The van der Waals surface area contributed by atoms with Crippen LogP contribution in [0.1, 0.15) is 24.8 Å². The maximum absolute atomic E-state index is 9.05. The summed E-state index contributed by atoms with van der Waals surface area (Å²) in [7, 11) is 0. The SMILES string of the molecule is CCCN(CCO)CC(CN)c1ccccc1. The predicted molar refractivity (Wildman–Crippen MR) is 72.1 cm³/mol. The van der Waals surface area contributed by atoms with Gasteiger partial charge in [-0.1, -0.05) is 37.3 Å². The molecular weight excluding hydrogens is 212 g/mol. The minimum Gasteiger partial charge on any atom is -0.395 e. The van der Waals surface area contributed by atoms with E-state index in [-0.39, 0.29) is 6.61 Å². The minimum atomic E-state index is 0.214. The summed E-state index contributed by atoms with van der Waals surface area (Å²) >= 11 is 0. The Labute approximate surface area is 104 Å². The molecule has 0 aliphatic rings. The van der Waals surface area contributed by atoms with Crippen molar-refractivity contribution < 1.29 is 5.11 Å². The normalized spacial score (nSPS) is 12.9. The largest absolute Gasteiger partial charge is 0.395 e. The van der Waals surface area contributed by atoms with Crippen LogP contribution in [0.3, 0.4) is 0 Å². The van der Waals surface area contributed by atoms with Gasteiger partial charge < -0.3 is 15.7 Å². The highest BCUT2D eigenvalue weighted by atomic mass is 16.3. The Hall–Kier alpha value is -0.900. The maximum atomic E-state index is 9.05. The topological polar surface area (TPSA) is 49.5 Å². The molecule has 17 heavy (non-hydrogen) atoms. The molecule has 0 heterocycles. The van der Waals surface area contributed by atoms with Crippen molar-refractivity contribution in [2.24, 2.45) is 5.73 Å². The molecule has 0 amide bonds. The van der Waals surface area contributed by atoms with Crippen molar-refractivity contribution in [1.82, 2.24) is 4.90 Å². The zero-order valence-corrected chi connectivity index (χ0v) is 10.7. The van der Waals surface area contributed by atoms with Gasteiger partial charge in [-0.15, -0.1) is 0 Å². The van der Waals surface area contributed by atoms with Crippen molar-refractivity contribution in [3.8, 4) is 0 Å². The summed E-state index contributed by atoms with van der Waals surface area (Å²) in [5.74, 6) is 0.356. The van der Waals surface area contributed by atoms with E-state index in [1.807, 2.05) is 18.2 Å². The Kier molecular flexibility index (Phi) is 6.86. The van der Waals surface area contributed by atoms with E-state index in [4.69, 9.17) is 10.8 Å². The van der Waals surface area contributed by atoms with Gasteiger partial charge in [0.1, 0.15) is 0 Å². The standard InChI is InChI=1S/C14H24N2O/c1-2-8-16(9-10-17)12-14(11-15)13-6-4-3-5-7-13/h3-7,14,17H,2,8-12,15H2,1H3. The van der Waals surface area contributed by atoms with E-state index in [1.165, 1.54) is 5.56 Å². The second-order valence-electron chi connectivity index (χ2n) is 4.37. The summed E-state index contributed by atoms with van der Waals surface area (Å²) in [4.78, 5) is 2.28. The van der Waals surface area contributed by atoms with Crippen molar-refractivity contribution >= 4 is 0 Å². The molecule has 1 aromatic rings. The van der Waals surface area contributed by atoms with Gasteiger partial charge in [-0.05, 0) is 18.5 Å². The first kappa shape index (κ1) is 14.2. The molecule has 1 atom stereocenters. The molecule has 3 nitrogen and oxygen atoms in total. The molecule has 96 valence electrons. The lowest BCUT2D eigenvalue weighted by Crippen LogP contribution is -2.34. The molecule has 0 aromatic heterocycles. The van der Waals surface area contributed by atoms with Gasteiger partial charge in [0.2, 0.25) is 0 Å². The molecule has 3 N–H and O–H groups in total. The van der Waals surface area contributed by atoms with E-state index in [0.29, 0.717) is 12.5 Å². The van der Waals surface area contributed by atoms with Crippen LogP contribution >= 0.6 is 0 Å². The predicted octanol–water partition coefficient (Wildman–Crippen LogP) is 1.43. The molecule has 3 heteroatoms. The van der Waals surface area contributed by atoms with Gasteiger partial charge in [0.05, 0.1) is 6.61 Å². The van der Waals surface area contributed by atoms with Crippen LogP contribution in [-0.2, 0) is 0 Å². The van der Waals surface area contributed by atoms with Crippen molar-refractivity contribution in [2.75, 3.05) is 32.8 Å². The third-order valence-electron chi connectivity index (χ3n) is 2.99. The highest BCUT2D eigenvalue weighted by molar-refractivity contribution is 5.20. The van der Waals surface area contributed by atoms with E-state index in [1.54, 1.807) is 0 Å². The first-order valence-electron chi connectivity index (χ1n) is 6.40. The first-order chi connectivity index (χ1) is 8.31. The summed E-state index contributed by atoms with van der Waals surface area (Å²) < 4.78 is 0. The fraction of sp³-hybridized carbons (Fsp3) is 0.571. The molecule has 0 bridgehead atoms. The number of aliphatic hydroxyl groups is 1. The summed E-state index contributed by atoms with van der Waals surface area (Å²) in [5.41, 5.74) is 7.14. The van der Waals surface area contributed by atoms with Crippen molar-refractivity contribution in [3.05, 3.63) is 35.9 Å². The average molecular weight is 236 g/mol. The number of aliphatic hydroxyl groups excluding tert-OH is 1. The Bertz CT molecular complexity index is 284. The lowest BCUT2D eigenvalue weighted by atomic mass is 9.98. The molecule has 0 aliphatic heterocycles. The molecule has 1 rings (SSSR count). The molecule has 0 saturated carbocycles. The minimum absolute atomic E-state index is 0.214. The highest BCUT2D eigenvalue weighted by Gasteiger charge is 2.13. The third kappa shape index (κ3) is 4.86. The Morgan fingerprint density at radius 3 is 2.47 bits per heavy atom. The van der Waals surface area contributed by atoms with Crippen LogP contribution in [0.15, 0.2) is 30.3 Å². The first-order valence-corrected chi connectivity index (χ1v) is 6.40. The zero-order valence-electron chi connectivity index (χ0n) is 10.7. The molecule has 1 unspecified atom stereocenters. The lowest BCUT2D eigenvalue weighted by molar-refractivity contribution is 0.188. The fourth-order valence-corrected chi connectivity index (χ4v) is 2.10. The molecule has 1 aromatic carbocycles. The van der Waals surface area contributed by atoms with Crippen LogP contribution in [0.25, 0.3) is 0 Å². The summed E-state index contributed by atoms with van der Waals surface area (Å²) in [6.45, 7) is 5.70. The Morgan fingerprint density at radius 1 is 1.24 bits per heavy atom. The number of benzene rings is 1. The quantitative estimate of drug-likeness (QED) is 0.718. The molecular formula is C14H24N2O. The number of rotatable bonds is 8. The van der Waals surface area contributed by atoms with E-state index >= 15 is 0 Å². The number of nitrogens with two attached hydrogens (primary N) is 1. The van der Waals surface area contributed by atoms with E-state index < -0.39 is 0 Å². The second kappa shape index (κ2) is 8.23. The van der Waals surface area contributed by atoms with Gasteiger partial charge in [0, 0.05) is 25.6 Å². The van der Waals surface area contributed by atoms with Crippen LogP contribution in [0.4, 0.5) is 0 Å². The van der Waals surface area contributed by atoms with E-state index in [2.05, 4.69) is 24.0 Å². The molecule has 0 radical (unpaired) electrons. The van der Waals surface area contributed by atoms with Gasteiger partial charge in [-0.2, -0.15) is 0 Å². The molecule has 0 aliphatic carbocycles. The van der Waals surface area contributed by atoms with Gasteiger partial charge in [0.25, 0.3) is 0 Å². The van der Waals surface area contributed by atoms with Crippen molar-refractivity contribution in [2.45, 2.75) is 19.3 Å². The highest BCUT2D eigenvalue weighted by Crippen LogP contribution is 2.15. The monoisotopic (exact) mass is 236 g/mol. The number of nitrogens with zero attached hydrogens (tertiary/aromatic N) is 1. The van der Waals surface area contributed by atoms with E-state index in [0.717, 1.165) is 26.1 Å². The smallest absolute Gasteiger partial charge is 0.0558 e. The summed E-state index contributed by atoms with van der Waals surface area (Å²) in [6, 6.07) is 10.4. The van der Waals surface area contributed by atoms with Gasteiger partial charge >= 0.3 is 0 Å². The van der Waals surface area contributed by atoms with E-state index in [9.17, 15) is 0 Å². The Morgan fingerprint density at radius 2 is 1.94 bits per heavy atom. The third-order valence-corrected chi connectivity index (χ3v) is 2.99. The van der Waals surface area contributed by atoms with Crippen LogP contribution < -0.4 is 5.73 Å². The van der Waals surface area contributed by atoms with Crippen LogP contribution in [-0.4, -0.2) is 42.8 Å². The van der Waals surface area contributed by atoms with Gasteiger partial charge in [0.15, 0.2) is 0 Å². The van der Waals surface area contributed by atoms with Crippen LogP contribution in [0, 0.1) is 0 Å². The van der Waals surface area contributed by atoms with Crippen molar-refractivity contribution in [1.29, 1.82) is 0 Å². The fourth-order valence-electron chi connectivity index (χ4n) is 2.10. The molecule has 0 spiro atoms. The van der Waals surface area contributed by atoms with Gasteiger partial charge in [-0.3, -0.25) is 0 Å².